The highest BCUT2D eigenvalue weighted by Crippen LogP contribution is 2.34. The van der Waals surface area contributed by atoms with Crippen molar-refractivity contribution in [3.63, 3.8) is 0 Å². The van der Waals surface area contributed by atoms with E-state index in [0.29, 0.717) is 11.6 Å². The molecular formula is C13H20N4O3S. The van der Waals surface area contributed by atoms with Crippen molar-refractivity contribution in [2.75, 3.05) is 5.75 Å². The average molecular weight is 312 g/mol. The van der Waals surface area contributed by atoms with Gasteiger partial charge in [-0.05, 0) is 12.8 Å². The van der Waals surface area contributed by atoms with Crippen LogP contribution < -0.4 is 5.32 Å². The number of aromatic nitrogens is 2. The van der Waals surface area contributed by atoms with Gasteiger partial charge in [0.25, 0.3) is 0 Å². The zero-order valence-electron chi connectivity index (χ0n) is 12.2. The third-order valence-electron chi connectivity index (χ3n) is 3.39. The number of rotatable bonds is 4. The summed E-state index contributed by atoms with van der Waals surface area (Å²) < 4.78 is 0. The number of carbonyl (C=O) groups is 2. The molecule has 21 heavy (non-hydrogen) atoms. The highest BCUT2D eigenvalue weighted by molar-refractivity contribution is 8.00. The van der Waals surface area contributed by atoms with Crippen molar-refractivity contribution in [2.24, 2.45) is 5.92 Å². The average Bonchev–Trinajstić information content (AvgIpc) is 3.07. The summed E-state index contributed by atoms with van der Waals surface area (Å²) >= 11 is 1.51. The molecule has 3 N–H and O–H groups in total. The number of H-pyrrole nitrogens is 1. The molecular weight excluding hydrogens is 292 g/mol. The largest absolute Gasteiger partial charge is 0.480 e. The van der Waals surface area contributed by atoms with Gasteiger partial charge in [0.15, 0.2) is 0 Å². The van der Waals surface area contributed by atoms with Gasteiger partial charge in [0.05, 0.1) is 11.4 Å². The van der Waals surface area contributed by atoms with Crippen LogP contribution >= 0.6 is 11.8 Å². The van der Waals surface area contributed by atoms with Crippen LogP contribution in [0.2, 0.25) is 0 Å². The first-order valence-corrected chi connectivity index (χ1v) is 7.89. The number of carboxylic acid groups (broad SMARTS) is 1. The summed E-state index contributed by atoms with van der Waals surface area (Å²) in [6.07, 6.45) is 3.29. The van der Waals surface area contributed by atoms with Crippen molar-refractivity contribution in [3.05, 3.63) is 18.2 Å². The minimum absolute atomic E-state index is 0.130. The molecule has 1 fully saturated rings. The number of aromatic amines is 1. The number of carbonyl (C=O) groups excluding carboxylic acids is 1. The van der Waals surface area contributed by atoms with Gasteiger partial charge in [-0.3, -0.25) is 4.90 Å². The van der Waals surface area contributed by atoms with E-state index in [-0.39, 0.29) is 23.4 Å². The van der Waals surface area contributed by atoms with E-state index < -0.39 is 12.0 Å². The molecule has 0 radical (unpaired) electrons. The third kappa shape index (κ3) is 3.31. The molecule has 0 spiro atoms. The number of nitrogens with one attached hydrogen (secondary N) is 2. The molecule has 116 valence electrons. The van der Waals surface area contributed by atoms with Crippen molar-refractivity contribution in [1.29, 1.82) is 0 Å². The summed E-state index contributed by atoms with van der Waals surface area (Å²) in [5.41, 5.74) is 0. The van der Waals surface area contributed by atoms with Crippen LogP contribution in [0.15, 0.2) is 12.4 Å². The smallest absolute Gasteiger partial charge is 0.327 e. The van der Waals surface area contributed by atoms with Gasteiger partial charge < -0.3 is 15.4 Å². The lowest BCUT2D eigenvalue weighted by molar-refractivity contribution is -0.141. The van der Waals surface area contributed by atoms with Crippen LogP contribution in [-0.4, -0.2) is 49.1 Å². The molecule has 0 aromatic carbocycles. The molecule has 0 saturated carbocycles. The lowest BCUT2D eigenvalue weighted by atomic mass is 10.1. The zero-order chi connectivity index (χ0) is 15.6. The van der Waals surface area contributed by atoms with Crippen LogP contribution in [0.1, 0.15) is 32.6 Å². The fourth-order valence-corrected chi connectivity index (χ4v) is 3.80. The summed E-state index contributed by atoms with van der Waals surface area (Å²) in [5.74, 6) is 0.277. The minimum atomic E-state index is -0.966. The Morgan fingerprint density at radius 2 is 2.24 bits per heavy atom. The molecule has 3 unspecified atom stereocenters. The Labute approximate surface area is 127 Å². The fraction of sp³-hybridized carbons (Fsp3) is 0.615. The maximum Gasteiger partial charge on any atom is 0.327 e. The number of nitrogens with zero attached hydrogens (tertiary/aromatic N) is 2. The number of urea groups is 1. The lowest BCUT2D eigenvalue weighted by Crippen LogP contribution is -2.51. The lowest BCUT2D eigenvalue weighted by Gasteiger charge is -2.30. The monoisotopic (exact) mass is 312 g/mol. The van der Waals surface area contributed by atoms with E-state index in [9.17, 15) is 14.7 Å². The molecule has 7 nitrogen and oxygen atoms in total. The topological polar surface area (TPSA) is 98.3 Å². The third-order valence-corrected chi connectivity index (χ3v) is 5.02. The molecule has 1 saturated heterocycles. The van der Waals surface area contributed by atoms with Gasteiger partial charge in [-0.25, -0.2) is 14.6 Å². The second kappa shape index (κ2) is 6.38. The molecule has 1 aliphatic heterocycles. The van der Waals surface area contributed by atoms with Gasteiger partial charge in [0.2, 0.25) is 0 Å². The number of amides is 2. The van der Waals surface area contributed by atoms with Crippen LogP contribution in [0.25, 0.3) is 0 Å². The first-order chi connectivity index (χ1) is 9.91. The van der Waals surface area contributed by atoms with Gasteiger partial charge >= 0.3 is 12.0 Å². The number of hydrogen-bond donors (Lipinski definition) is 3. The summed E-state index contributed by atoms with van der Waals surface area (Å²) in [7, 11) is 0. The summed E-state index contributed by atoms with van der Waals surface area (Å²) in [4.78, 5) is 32.3. The molecule has 3 atom stereocenters. The number of imidazole rings is 1. The maximum absolute atomic E-state index is 12.5. The van der Waals surface area contributed by atoms with Gasteiger partial charge in [0, 0.05) is 18.1 Å². The van der Waals surface area contributed by atoms with E-state index in [4.69, 9.17) is 0 Å². The normalized spacial score (nSPS) is 23.3. The predicted octanol–water partition coefficient (Wildman–Crippen LogP) is 1.66. The summed E-state index contributed by atoms with van der Waals surface area (Å²) in [6.45, 7) is 5.77. The minimum Gasteiger partial charge on any atom is -0.480 e. The summed E-state index contributed by atoms with van der Waals surface area (Å²) in [5, 5.41) is 12.0. The zero-order valence-corrected chi connectivity index (χ0v) is 13.1. The summed E-state index contributed by atoms with van der Waals surface area (Å²) in [6, 6.07) is -1.46. The Balaban J connectivity index is 2.11. The Hall–Kier alpha value is -1.70. The molecule has 2 amide bonds. The van der Waals surface area contributed by atoms with E-state index in [2.05, 4.69) is 15.3 Å². The maximum atomic E-state index is 12.5. The van der Waals surface area contributed by atoms with Crippen LogP contribution in [0.3, 0.4) is 0 Å². The standard InChI is InChI=1S/C13H20N4O3S/c1-7(2)11-17(9(6-21-11)12(18)19)13(20)16-8(3)10-14-4-5-15-10/h4-5,7-9,11H,6H2,1-3H3,(H,14,15)(H,16,20)(H,18,19). The molecule has 1 aromatic rings. The van der Waals surface area contributed by atoms with Crippen LogP contribution in [0, 0.1) is 5.92 Å². The molecule has 8 heteroatoms. The first-order valence-electron chi connectivity index (χ1n) is 6.84. The van der Waals surface area contributed by atoms with Crippen LogP contribution in [-0.2, 0) is 4.79 Å². The predicted molar refractivity (Wildman–Crippen MR) is 79.9 cm³/mol. The molecule has 0 aliphatic carbocycles. The Morgan fingerprint density at radius 1 is 1.52 bits per heavy atom. The van der Waals surface area contributed by atoms with Gasteiger partial charge in [-0.15, -0.1) is 11.8 Å². The number of hydrogen-bond acceptors (Lipinski definition) is 4. The number of thioether (sulfide) groups is 1. The van der Waals surface area contributed by atoms with E-state index in [1.807, 2.05) is 13.8 Å². The van der Waals surface area contributed by atoms with Crippen molar-refractivity contribution in [1.82, 2.24) is 20.2 Å². The second-order valence-electron chi connectivity index (χ2n) is 5.37. The first kappa shape index (κ1) is 15.7. The Kier molecular flexibility index (Phi) is 4.76. The fourth-order valence-electron chi connectivity index (χ4n) is 2.33. The Bertz CT molecular complexity index is 506. The van der Waals surface area contributed by atoms with E-state index >= 15 is 0 Å². The molecule has 2 heterocycles. The van der Waals surface area contributed by atoms with Crippen molar-refractivity contribution in [2.45, 2.75) is 38.2 Å². The van der Waals surface area contributed by atoms with E-state index in [0.717, 1.165) is 0 Å². The highest BCUT2D eigenvalue weighted by atomic mass is 32.2. The molecule has 0 bridgehead atoms. The van der Waals surface area contributed by atoms with Crippen LogP contribution in [0.5, 0.6) is 0 Å². The highest BCUT2D eigenvalue weighted by Gasteiger charge is 2.43. The number of aliphatic carboxylic acids is 1. The number of carboxylic acids is 1. The van der Waals surface area contributed by atoms with E-state index in [1.54, 1.807) is 19.3 Å². The van der Waals surface area contributed by atoms with E-state index in [1.165, 1.54) is 16.7 Å². The van der Waals surface area contributed by atoms with Gasteiger partial charge in [-0.1, -0.05) is 13.8 Å². The van der Waals surface area contributed by atoms with Gasteiger partial charge in [-0.2, -0.15) is 0 Å². The SMILES string of the molecule is CC(NC(=O)N1C(C(=O)O)CSC1C(C)C)c1ncc[nH]1. The molecule has 1 aromatic heterocycles. The van der Waals surface area contributed by atoms with Crippen molar-refractivity contribution < 1.29 is 14.7 Å². The molecule has 1 aliphatic rings. The molecule has 2 rings (SSSR count). The van der Waals surface area contributed by atoms with Crippen LogP contribution in [0.4, 0.5) is 4.79 Å². The Morgan fingerprint density at radius 3 is 2.76 bits per heavy atom. The second-order valence-corrected chi connectivity index (χ2v) is 6.52. The van der Waals surface area contributed by atoms with Crippen molar-refractivity contribution >= 4 is 23.8 Å². The van der Waals surface area contributed by atoms with Gasteiger partial charge in [0.1, 0.15) is 11.9 Å². The quantitative estimate of drug-likeness (QED) is 0.785. The van der Waals surface area contributed by atoms with Crippen molar-refractivity contribution in [3.8, 4) is 0 Å².